The molecule has 0 spiro atoms. The predicted octanol–water partition coefficient (Wildman–Crippen LogP) is 1.76. The second kappa shape index (κ2) is 3.47. The maximum absolute atomic E-state index is 11.6. The third-order valence-corrected chi connectivity index (χ3v) is 2.30. The number of amides is 1. The molecule has 5 nitrogen and oxygen atoms in total. The first kappa shape index (κ1) is 10.4. The van der Waals surface area contributed by atoms with Crippen molar-refractivity contribution in [3.63, 3.8) is 0 Å². The van der Waals surface area contributed by atoms with E-state index in [0.29, 0.717) is 17.1 Å². The lowest BCUT2D eigenvalue weighted by molar-refractivity contribution is -0.129. The van der Waals surface area contributed by atoms with Crippen molar-refractivity contribution in [2.45, 2.75) is 19.4 Å². The molecule has 1 N–H and O–H groups in total. The zero-order chi connectivity index (χ0) is 11.8. The lowest BCUT2D eigenvalue weighted by Gasteiger charge is -2.31. The molecule has 2 rings (SSSR count). The summed E-state index contributed by atoms with van der Waals surface area (Å²) in [6, 6.07) is 4.84. The number of isocyanates is 1. The molecule has 0 aromatic heterocycles. The van der Waals surface area contributed by atoms with Crippen molar-refractivity contribution in [3.8, 4) is 5.75 Å². The zero-order valence-corrected chi connectivity index (χ0v) is 8.90. The zero-order valence-electron chi connectivity index (χ0n) is 8.90. The summed E-state index contributed by atoms with van der Waals surface area (Å²) in [5, 5.41) is 2.70. The normalized spacial score (nSPS) is 16.5. The van der Waals surface area contributed by atoms with Gasteiger partial charge in [0.2, 0.25) is 6.08 Å². The topological polar surface area (TPSA) is 67.8 Å². The first-order chi connectivity index (χ1) is 7.53. The van der Waals surface area contributed by atoms with Crippen LogP contribution in [-0.4, -0.2) is 17.6 Å². The van der Waals surface area contributed by atoms with Crippen molar-refractivity contribution < 1.29 is 14.3 Å². The summed E-state index contributed by atoms with van der Waals surface area (Å²) in [5.41, 5.74) is 0.0563. The van der Waals surface area contributed by atoms with Crippen LogP contribution >= 0.6 is 0 Å². The number of fused-ring (bicyclic) bond motifs is 1. The standard InChI is InChI=1S/C11H10N2O3/c1-11(2)10(15)13-8-5-7(12-6-14)3-4-9(8)16-11/h3-5H,1-2H3,(H,13,15). The van der Waals surface area contributed by atoms with Crippen LogP contribution in [0.5, 0.6) is 5.75 Å². The van der Waals surface area contributed by atoms with Crippen molar-refractivity contribution in [1.29, 1.82) is 0 Å². The molecule has 0 fully saturated rings. The molecule has 0 aliphatic carbocycles. The van der Waals surface area contributed by atoms with E-state index in [4.69, 9.17) is 4.74 Å². The number of nitrogens with one attached hydrogen (secondary N) is 1. The summed E-state index contributed by atoms with van der Waals surface area (Å²) >= 11 is 0. The number of nitrogens with zero attached hydrogens (tertiary/aromatic N) is 1. The lowest BCUT2D eigenvalue weighted by atomic mass is 10.1. The molecule has 1 amide bonds. The molecular formula is C11H10N2O3. The Balaban J connectivity index is 2.44. The number of hydrogen-bond donors (Lipinski definition) is 1. The number of ether oxygens (including phenoxy) is 1. The molecule has 0 saturated carbocycles. The summed E-state index contributed by atoms with van der Waals surface area (Å²) in [7, 11) is 0. The molecular weight excluding hydrogens is 208 g/mol. The van der Waals surface area contributed by atoms with E-state index >= 15 is 0 Å². The summed E-state index contributed by atoms with van der Waals surface area (Å²) < 4.78 is 5.51. The number of benzene rings is 1. The molecule has 5 heteroatoms. The lowest BCUT2D eigenvalue weighted by Crippen LogP contribution is -2.45. The van der Waals surface area contributed by atoms with Crippen LogP contribution in [0.15, 0.2) is 23.2 Å². The SMILES string of the molecule is CC1(C)Oc2ccc(N=C=O)cc2NC1=O. The molecule has 1 aromatic rings. The molecule has 0 atom stereocenters. The second-order valence-corrected chi connectivity index (χ2v) is 3.95. The van der Waals surface area contributed by atoms with Crippen LogP contribution in [0.25, 0.3) is 0 Å². The molecule has 0 radical (unpaired) electrons. The van der Waals surface area contributed by atoms with Crippen LogP contribution in [0, 0.1) is 0 Å². The third-order valence-electron chi connectivity index (χ3n) is 2.30. The van der Waals surface area contributed by atoms with Gasteiger partial charge < -0.3 is 10.1 Å². The van der Waals surface area contributed by atoms with E-state index in [9.17, 15) is 9.59 Å². The smallest absolute Gasteiger partial charge is 0.268 e. The van der Waals surface area contributed by atoms with Crippen molar-refractivity contribution in [2.75, 3.05) is 5.32 Å². The average molecular weight is 218 g/mol. The van der Waals surface area contributed by atoms with Crippen molar-refractivity contribution in [3.05, 3.63) is 18.2 Å². The first-order valence-electron chi connectivity index (χ1n) is 4.75. The van der Waals surface area contributed by atoms with Gasteiger partial charge in [-0.15, -0.1) is 0 Å². The van der Waals surface area contributed by atoms with Gasteiger partial charge in [0.1, 0.15) is 5.75 Å². The summed E-state index contributed by atoms with van der Waals surface area (Å²) in [5.74, 6) is 0.335. The van der Waals surface area contributed by atoms with Gasteiger partial charge in [-0.3, -0.25) is 4.79 Å². The van der Waals surface area contributed by atoms with Crippen LogP contribution < -0.4 is 10.1 Å². The second-order valence-electron chi connectivity index (χ2n) is 3.95. The fourth-order valence-electron chi connectivity index (χ4n) is 1.42. The largest absolute Gasteiger partial charge is 0.476 e. The number of carbonyl (C=O) groups excluding carboxylic acids is 2. The Kier molecular flexibility index (Phi) is 2.25. The van der Waals surface area contributed by atoms with E-state index in [0.717, 1.165) is 0 Å². The van der Waals surface area contributed by atoms with Crippen LogP contribution in [0.4, 0.5) is 11.4 Å². The van der Waals surface area contributed by atoms with Crippen LogP contribution in [-0.2, 0) is 9.59 Å². The Morgan fingerprint density at radius 3 is 2.88 bits per heavy atom. The Morgan fingerprint density at radius 2 is 2.19 bits per heavy atom. The van der Waals surface area contributed by atoms with E-state index in [2.05, 4.69) is 10.3 Å². The molecule has 0 saturated heterocycles. The summed E-state index contributed by atoms with van der Waals surface area (Å²) in [4.78, 5) is 25.2. The fraction of sp³-hybridized carbons (Fsp3) is 0.273. The molecule has 82 valence electrons. The Bertz CT molecular complexity index is 502. The molecule has 1 aliphatic rings. The van der Waals surface area contributed by atoms with Crippen molar-refractivity contribution in [1.82, 2.24) is 0 Å². The highest BCUT2D eigenvalue weighted by Crippen LogP contribution is 2.35. The summed E-state index contributed by atoms with van der Waals surface area (Å²) in [6.07, 6.45) is 1.44. The van der Waals surface area contributed by atoms with Gasteiger partial charge in [0.05, 0.1) is 11.4 Å². The minimum Gasteiger partial charge on any atom is -0.476 e. The predicted molar refractivity (Wildman–Crippen MR) is 57.6 cm³/mol. The number of rotatable bonds is 1. The van der Waals surface area contributed by atoms with Gasteiger partial charge in [-0.05, 0) is 32.0 Å². The monoisotopic (exact) mass is 218 g/mol. The Labute approximate surface area is 92.1 Å². The number of aliphatic imine (C=N–C) groups is 1. The molecule has 1 aliphatic heterocycles. The first-order valence-corrected chi connectivity index (χ1v) is 4.75. The number of hydrogen-bond acceptors (Lipinski definition) is 4. The van der Waals surface area contributed by atoms with Gasteiger partial charge in [-0.25, -0.2) is 4.79 Å². The number of carbonyl (C=O) groups is 1. The highest BCUT2D eigenvalue weighted by Gasteiger charge is 2.35. The van der Waals surface area contributed by atoms with E-state index in [1.165, 1.54) is 6.08 Å². The Morgan fingerprint density at radius 1 is 1.44 bits per heavy atom. The minimum atomic E-state index is -0.886. The molecule has 1 aromatic carbocycles. The molecule has 1 heterocycles. The van der Waals surface area contributed by atoms with Gasteiger partial charge in [-0.1, -0.05) is 0 Å². The van der Waals surface area contributed by atoms with E-state index in [1.54, 1.807) is 32.0 Å². The van der Waals surface area contributed by atoms with E-state index < -0.39 is 5.60 Å². The minimum absolute atomic E-state index is 0.229. The molecule has 0 bridgehead atoms. The summed E-state index contributed by atoms with van der Waals surface area (Å²) in [6.45, 7) is 3.37. The van der Waals surface area contributed by atoms with Crippen LogP contribution in [0.1, 0.15) is 13.8 Å². The highest BCUT2D eigenvalue weighted by molar-refractivity contribution is 6.00. The third kappa shape index (κ3) is 1.68. The van der Waals surface area contributed by atoms with Gasteiger partial charge in [0.15, 0.2) is 5.60 Å². The average Bonchev–Trinajstić information content (AvgIpc) is 2.20. The van der Waals surface area contributed by atoms with E-state index in [-0.39, 0.29) is 5.91 Å². The highest BCUT2D eigenvalue weighted by atomic mass is 16.5. The van der Waals surface area contributed by atoms with Crippen LogP contribution in [0.3, 0.4) is 0 Å². The van der Waals surface area contributed by atoms with E-state index in [1.807, 2.05) is 0 Å². The van der Waals surface area contributed by atoms with Crippen LogP contribution in [0.2, 0.25) is 0 Å². The fourth-order valence-corrected chi connectivity index (χ4v) is 1.42. The molecule has 16 heavy (non-hydrogen) atoms. The number of anilines is 1. The maximum Gasteiger partial charge on any atom is 0.268 e. The van der Waals surface area contributed by atoms with Gasteiger partial charge in [0, 0.05) is 0 Å². The van der Waals surface area contributed by atoms with Gasteiger partial charge >= 0.3 is 0 Å². The van der Waals surface area contributed by atoms with Gasteiger partial charge in [-0.2, -0.15) is 4.99 Å². The van der Waals surface area contributed by atoms with Crippen molar-refractivity contribution in [2.24, 2.45) is 4.99 Å². The molecule has 0 unspecified atom stereocenters. The Hall–Kier alpha value is -2.13. The quantitative estimate of drug-likeness (QED) is 0.577. The van der Waals surface area contributed by atoms with Crippen molar-refractivity contribution >= 4 is 23.4 Å². The van der Waals surface area contributed by atoms with Gasteiger partial charge in [0.25, 0.3) is 5.91 Å². The maximum atomic E-state index is 11.6.